The van der Waals surface area contributed by atoms with Crippen LogP contribution in [0.25, 0.3) is 0 Å². The fraction of sp³-hybridized carbons (Fsp3) is 0.444. The zero-order valence-corrected chi connectivity index (χ0v) is 20.5. The van der Waals surface area contributed by atoms with Gasteiger partial charge in [-0.1, -0.05) is 64.5 Å². The van der Waals surface area contributed by atoms with Crippen molar-refractivity contribution in [1.29, 1.82) is 0 Å². The van der Waals surface area contributed by atoms with Crippen molar-refractivity contribution in [2.45, 2.75) is 49.4 Å². The largest absolute Gasteiger partial charge is 0.469 e. The first-order valence-corrected chi connectivity index (χ1v) is 12.2. The topological polar surface area (TPSA) is 76.0 Å². The minimum absolute atomic E-state index is 0.0144. The van der Waals surface area contributed by atoms with Crippen LogP contribution < -0.4 is 0 Å². The van der Waals surface area contributed by atoms with Crippen LogP contribution >= 0.6 is 15.9 Å². The summed E-state index contributed by atoms with van der Waals surface area (Å²) >= 11 is 3.41. The molecule has 0 aromatic heterocycles. The van der Waals surface area contributed by atoms with E-state index in [-0.39, 0.29) is 29.8 Å². The molecule has 2 aliphatic carbocycles. The van der Waals surface area contributed by atoms with Crippen molar-refractivity contribution in [2.75, 3.05) is 14.2 Å². The third kappa shape index (κ3) is 5.24. The molecule has 2 aromatic carbocycles. The van der Waals surface area contributed by atoms with Crippen molar-refractivity contribution < 1.29 is 24.5 Å². The summed E-state index contributed by atoms with van der Waals surface area (Å²) in [6.07, 6.45) is 4.44. The summed E-state index contributed by atoms with van der Waals surface area (Å²) in [7, 11) is 3.12. The molecule has 5 nitrogen and oxygen atoms in total. The first-order valence-electron chi connectivity index (χ1n) is 11.4. The quantitative estimate of drug-likeness (QED) is 0.406. The second-order valence-electron chi connectivity index (χ2n) is 9.12. The highest BCUT2D eigenvalue weighted by Crippen LogP contribution is 2.46. The van der Waals surface area contributed by atoms with Gasteiger partial charge in [-0.3, -0.25) is 4.79 Å². The van der Waals surface area contributed by atoms with Gasteiger partial charge in [-0.15, -0.1) is 0 Å². The molecule has 2 unspecified atom stereocenters. The van der Waals surface area contributed by atoms with Gasteiger partial charge in [-0.2, -0.15) is 0 Å². The van der Waals surface area contributed by atoms with E-state index >= 15 is 0 Å². The van der Waals surface area contributed by atoms with E-state index in [2.05, 4.69) is 34.1 Å². The Morgan fingerprint density at radius 2 is 1.79 bits per heavy atom. The maximum atomic E-state index is 11.8. The number of halogens is 1. The number of rotatable bonds is 7. The van der Waals surface area contributed by atoms with Crippen molar-refractivity contribution in [1.82, 2.24) is 0 Å². The normalized spacial score (nSPS) is 30.2. The Bertz CT molecular complexity index is 982. The minimum Gasteiger partial charge on any atom is -0.469 e. The van der Waals surface area contributed by atoms with Crippen molar-refractivity contribution in [2.24, 2.45) is 11.8 Å². The molecule has 5 atom stereocenters. The number of carbonyl (C=O) groups is 1. The molecule has 2 aliphatic rings. The fourth-order valence-corrected chi connectivity index (χ4v) is 5.49. The fourth-order valence-electron chi connectivity index (χ4n) is 5.23. The molecule has 0 saturated heterocycles. The average Bonchev–Trinajstić information content (AvgIpc) is 3.12. The predicted octanol–water partition coefficient (Wildman–Crippen LogP) is 4.88. The van der Waals surface area contributed by atoms with Gasteiger partial charge in [0.05, 0.1) is 31.3 Å². The zero-order chi connectivity index (χ0) is 23.5. The monoisotopic (exact) mass is 514 g/mol. The van der Waals surface area contributed by atoms with Gasteiger partial charge in [-0.05, 0) is 47.6 Å². The molecule has 0 aliphatic heterocycles. The molecule has 0 radical (unpaired) electrons. The van der Waals surface area contributed by atoms with Crippen LogP contribution in [0.5, 0.6) is 0 Å². The summed E-state index contributed by atoms with van der Waals surface area (Å²) in [6.45, 7) is 0. The molecule has 2 fully saturated rings. The Morgan fingerprint density at radius 1 is 1.09 bits per heavy atom. The smallest absolute Gasteiger partial charge is 0.308 e. The molecule has 2 saturated carbocycles. The molecule has 0 amide bonds. The van der Waals surface area contributed by atoms with Gasteiger partial charge >= 0.3 is 5.97 Å². The van der Waals surface area contributed by atoms with E-state index in [1.807, 2.05) is 36.4 Å². The number of aliphatic hydroxyl groups excluding tert-OH is 2. The van der Waals surface area contributed by atoms with Crippen LogP contribution in [0.1, 0.15) is 53.9 Å². The Balaban J connectivity index is 1.53. The SMILES string of the molecule is COC(=O)C1CC(c2cccc(C3C(/C=C/[C@@H](O)c4ccc(Br)cc4)[C@H](O)C[C@@H]3OC)c2)C1. The van der Waals surface area contributed by atoms with Crippen LogP contribution in [0, 0.1) is 11.8 Å². The number of hydrogen-bond acceptors (Lipinski definition) is 5. The third-order valence-electron chi connectivity index (χ3n) is 7.20. The van der Waals surface area contributed by atoms with Crippen LogP contribution in [0.2, 0.25) is 0 Å². The molecule has 2 aromatic rings. The number of benzene rings is 2. The van der Waals surface area contributed by atoms with E-state index in [1.54, 1.807) is 13.2 Å². The van der Waals surface area contributed by atoms with Crippen LogP contribution in [-0.2, 0) is 14.3 Å². The molecular formula is C27H31BrO5. The lowest BCUT2D eigenvalue weighted by molar-refractivity contribution is -0.148. The second kappa shape index (κ2) is 10.5. The van der Waals surface area contributed by atoms with Gasteiger partial charge in [0.1, 0.15) is 0 Å². The Labute approximate surface area is 203 Å². The number of esters is 1. The van der Waals surface area contributed by atoms with E-state index in [0.717, 1.165) is 28.4 Å². The third-order valence-corrected chi connectivity index (χ3v) is 7.73. The van der Waals surface area contributed by atoms with Gasteiger partial charge in [0, 0.05) is 29.8 Å². The van der Waals surface area contributed by atoms with Crippen LogP contribution in [0.4, 0.5) is 0 Å². The molecule has 0 heterocycles. The molecule has 0 bridgehead atoms. The van der Waals surface area contributed by atoms with Crippen molar-refractivity contribution in [3.63, 3.8) is 0 Å². The van der Waals surface area contributed by atoms with Gasteiger partial charge in [0.15, 0.2) is 0 Å². The van der Waals surface area contributed by atoms with Crippen LogP contribution in [-0.4, -0.2) is 42.6 Å². The van der Waals surface area contributed by atoms with Gasteiger partial charge in [0.25, 0.3) is 0 Å². The number of aliphatic hydroxyl groups is 2. The summed E-state index contributed by atoms with van der Waals surface area (Å²) in [5.41, 5.74) is 3.13. The Hall–Kier alpha value is -1.99. The molecule has 2 N–H and O–H groups in total. The predicted molar refractivity (Wildman–Crippen MR) is 130 cm³/mol. The maximum Gasteiger partial charge on any atom is 0.308 e. The first-order chi connectivity index (χ1) is 15.9. The highest BCUT2D eigenvalue weighted by atomic mass is 79.9. The lowest BCUT2D eigenvalue weighted by atomic mass is 9.71. The summed E-state index contributed by atoms with van der Waals surface area (Å²) in [5.74, 6) is 0.0126. The van der Waals surface area contributed by atoms with E-state index in [4.69, 9.17) is 9.47 Å². The molecular weight excluding hydrogens is 484 g/mol. The minimum atomic E-state index is -0.746. The average molecular weight is 515 g/mol. The number of methoxy groups -OCH3 is 2. The molecule has 33 heavy (non-hydrogen) atoms. The van der Waals surface area contributed by atoms with E-state index in [0.29, 0.717) is 12.3 Å². The maximum absolute atomic E-state index is 11.8. The summed E-state index contributed by atoms with van der Waals surface area (Å²) < 4.78 is 11.6. The zero-order valence-electron chi connectivity index (χ0n) is 18.9. The van der Waals surface area contributed by atoms with Gasteiger partial charge in [-0.25, -0.2) is 0 Å². The molecule has 4 rings (SSSR count). The molecule has 176 valence electrons. The number of carbonyl (C=O) groups excluding carboxylic acids is 1. The summed E-state index contributed by atoms with van der Waals surface area (Å²) in [4.78, 5) is 11.8. The summed E-state index contributed by atoms with van der Waals surface area (Å²) in [5, 5.41) is 21.5. The van der Waals surface area contributed by atoms with E-state index < -0.39 is 12.2 Å². The highest BCUT2D eigenvalue weighted by Gasteiger charge is 2.43. The van der Waals surface area contributed by atoms with E-state index in [9.17, 15) is 15.0 Å². The Kier molecular flexibility index (Phi) is 7.69. The lowest BCUT2D eigenvalue weighted by Gasteiger charge is -2.34. The van der Waals surface area contributed by atoms with Gasteiger partial charge in [0.2, 0.25) is 0 Å². The lowest BCUT2D eigenvalue weighted by Crippen LogP contribution is -2.30. The number of ether oxygens (including phenoxy) is 2. The standard InChI is InChI=1S/C27H31BrO5/c1-32-25-15-24(30)22(10-11-23(29)16-6-8-21(28)9-7-16)26(25)18-5-3-4-17(12-18)19-13-20(14-19)27(31)33-2/h3-12,19-20,22-26,29-30H,13-15H2,1-2H3/b11-10+/t19?,20?,22?,23-,24-,25+,26?/m1/s1. The van der Waals surface area contributed by atoms with Crippen molar-refractivity contribution in [3.8, 4) is 0 Å². The van der Waals surface area contributed by atoms with Crippen LogP contribution in [0.3, 0.4) is 0 Å². The Morgan fingerprint density at radius 3 is 2.45 bits per heavy atom. The first kappa shape index (κ1) is 24.1. The van der Waals surface area contributed by atoms with Gasteiger partial charge < -0.3 is 19.7 Å². The number of hydrogen-bond donors (Lipinski definition) is 2. The van der Waals surface area contributed by atoms with Crippen LogP contribution in [0.15, 0.2) is 65.2 Å². The highest BCUT2D eigenvalue weighted by molar-refractivity contribution is 9.10. The van der Waals surface area contributed by atoms with Crippen molar-refractivity contribution in [3.05, 3.63) is 81.8 Å². The molecule has 6 heteroatoms. The van der Waals surface area contributed by atoms with Crippen molar-refractivity contribution >= 4 is 21.9 Å². The molecule has 0 spiro atoms. The van der Waals surface area contributed by atoms with E-state index in [1.165, 1.54) is 12.7 Å². The second-order valence-corrected chi connectivity index (χ2v) is 10.0. The summed E-state index contributed by atoms with van der Waals surface area (Å²) in [6, 6.07) is 16.0.